The average molecular weight is 246 g/mol. The van der Waals surface area contributed by atoms with Crippen molar-refractivity contribution in [1.82, 2.24) is 4.98 Å². The fourth-order valence-corrected chi connectivity index (χ4v) is 2.21. The third-order valence-electron chi connectivity index (χ3n) is 3.39. The van der Waals surface area contributed by atoms with Crippen LogP contribution in [0.15, 0.2) is 24.9 Å². The minimum absolute atomic E-state index is 0.191. The molecule has 96 valence electrons. The van der Waals surface area contributed by atoms with Crippen LogP contribution >= 0.6 is 0 Å². The van der Waals surface area contributed by atoms with Gasteiger partial charge >= 0.3 is 5.97 Å². The third kappa shape index (κ3) is 2.70. The quantitative estimate of drug-likeness (QED) is 0.889. The molecule has 0 aliphatic carbocycles. The molecule has 2 heterocycles. The van der Waals surface area contributed by atoms with Crippen LogP contribution in [-0.4, -0.2) is 29.1 Å². The van der Waals surface area contributed by atoms with Gasteiger partial charge in [0, 0.05) is 13.1 Å². The molecule has 1 aliphatic heterocycles. The average Bonchev–Trinajstić information content (AvgIpc) is 2.39. The third-order valence-corrected chi connectivity index (χ3v) is 3.39. The number of allylic oxidation sites excluding steroid dienone is 1. The van der Waals surface area contributed by atoms with Gasteiger partial charge in [0.05, 0.1) is 23.5 Å². The van der Waals surface area contributed by atoms with Gasteiger partial charge in [0.2, 0.25) is 0 Å². The molecule has 2 rings (SSSR count). The molecule has 0 amide bonds. The molecule has 0 radical (unpaired) electrons. The molecule has 0 bridgehead atoms. The van der Waals surface area contributed by atoms with Gasteiger partial charge in [-0.2, -0.15) is 0 Å². The lowest BCUT2D eigenvalue weighted by Gasteiger charge is -2.31. The Balaban J connectivity index is 2.01. The second kappa shape index (κ2) is 5.21. The molecule has 1 aromatic rings. The summed E-state index contributed by atoms with van der Waals surface area (Å²) in [6.07, 6.45) is 3.25. The SMILES string of the molecule is C=C(C)c1ccc(N2CCC(C(=O)O)CC2)cn1. The van der Waals surface area contributed by atoms with Crippen molar-refractivity contribution in [3.8, 4) is 0 Å². The normalized spacial score (nSPS) is 16.6. The van der Waals surface area contributed by atoms with Gasteiger partial charge in [-0.15, -0.1) is 0 Å². The van der Waals surface area contributed by atoms with E-state index in [1.807, 2.05) is 25.3 Å². The number of pyridine rings is 1. The molecule has 18 heavy (non-hydrogen) atoms. The second-order valence-electron chi connectivity index (χ2n) is 4.78. The van der Waals surface area contributed by atoms with Crippen LogP contribution in [0.25, 0.3) is 5.57 Å². The van der Waals surface area contributed by atoms with Crippen molar-refractivity contribution in [3.63, 3.8) is 0 Å². The van der Waals surface area contributed by atoms with E-state index in [0.29, 0.717) is 12.8 Å². The summed E-state index contributed by atoms with van der Waals surface area (Å²) in [5, 5.41) is 8.95. The number of aliphatic carboxylic acids is 1. The highest BCUT2D eigenvalue weighted by molar-refractivity contribution is 5.70. The summed E-state index contributed by atoms with van der Waals surface area (Å²) < 4.78 is 0. The molecule has 0 saturated carbocycles. The zero-order chi connectivity index (χ0) is 13.1. The van der Waals surface area contributed by atoms with Crippen LogP contribution in [0.3, 0.4) is 0 Å². The molecule has 1 aliphatic rings. The van der Waals surface area contributed by atoms with Crippen LogP contribution < -0.4 is 4.90 Å². The number of carboxylic acid groups (broad SMARTS) is 1. The van der Waals surface area contributed by atoms with Crippen LogP contribution in [0.5, 0.6) is 0 Å². The molecule has 1 saturated heterocycles. The summed E-state index contributed by atoms with van der Waals surface area (Å²) >= 11 is 0. The number of anilines is 1. The van der Waals surface area contributed by atoms with Gasteiger partial charge in [-0.25, -0.2) is 0 Å². The number of piperidine rings is 1. The fraction of sp³-hybridized carbons (Fsp3) is 0.429. The van der Waals surface area contributed by atoms with Gasteiger partial charge in [-0.3, -0.25) is 9.78 Å². The molecule has 4 heteroatoms. The summed E-state index contributed by atoms with van der Waals surface area (Å²) in [6.45, 7) is 7.35. The van der Waals surface area contributed by atoms with Gasteiger partial charge in [-0.05, 0) is 37.5 Å². The van der Waals surface area contributed by atoms with Crippen molar-refractivity contribution in [2.45, 2.75) is 19.8 Å². The van der Waals surface area contributed by atoms with Crippen LogP contribution in [0.1, 0.15) is 25.5 Å². The first-order valence-corrected chi connectivity index (χ1v) is 6.17. The zero-order valence-electron chi connectivity index (χ0n) is 10.6. The Morgan fingerprint density at radius 3 is 2.56 bits per heavy atom. The number of carboxylic acids is 1. The Hall–Kier alpha value is -1.84. The minimum atomic E-state index is -0.676. The van der Waals surface area contributed by atoms with E-state index in [-0.39, 0.29) is 5.92 Å². The van der Waals surface area contributed by atoms with E-state index < -0.39 is 5.97 Å². The lowest BCUT2D eigenvalue weighted by atomic mass is 9.97. The van der Waals surface area contributed by atoms with Gasteiger partial charge in [0.15, 0.2) is 0 Å². The van der Waals surface area contributed by atoms with Gasteiger partial charge < -0.3 is 10.0 Å². The molecule has 1 aromatic heterocycles. The largest absolute Gasteiger partial charge is 0.481 e. The second-order valence-corrected chi connectivity index (χ2v) is 4.78. The topological polar surface area (TPSA) is 53.4 Å². The first kappa shape index (κ1) is 12.6. The van der Waals surface area contributed by atoms with Crippen molar-refractivity contribution in [3.05, 3.63) is 30.6 Å². The maximum Gasteiger partial charge on any atom is 0.306 e. The number of rotatable bonds is 3. The Labute approximate surface area is 107 Å². The highest BCUT2D eigenvalue weighted by atomic mass is 16.4. The Morgan fingerprint density at radius 1 is 1.44 bits per heavy atom. The zero-order valence-corrected chi connectivity index (χ0v) is 10.6. The van der Waals surface area contributed by atoms with Crippen LogP contribution in [0.2, 0.25) is 0 Å². The maximum atomic E-state index is 10.9. The molecule has 1 N–H and O–H groups in total. The summed E-state index contributed by atoms with van der Waals surface area (Å²) in [6, 6.07) is 3.99. The minimum Gasteiger partial charge on any atom is -0.481 e. The summed E-state index contributed by atoms with van der Waals surface area (Å²) in [4.78, 5) is 17.4. The van der Waals surface area contributed by atoms with Crippen molar-refractivity contribution < 1.29 is 9.90 Å². The van der Waals surface area contributed by atoms with Crippen LogP contribution in [0.4, 0.5) is 5.69 Å². The van der Waals surface area contributed by atoms with E-state index in [0.717, 1.165) is 30.0 Å². The molecule has 0 atom stereocenters. The molecule has 0 unspecified atom stereocenters. The van der Waals surface area contributed by atoms with Crippen molar-refractivity contribution in [2.24, 2.45) is 5.92 Å². The number of aromatic nitrogens is 1. The van der Waals surface area contributed by atoms with Gasteiger partial charge in [0.1, 0.15) is 0 Å². The van der Waals surface area contributed by atoms with Gasteiger partial charge in [0.25, 0.3) is 0 Å². The molecule has 0 spiro atoms. The standard InChI is InChI=1S/C14H18N2O2/c1-10(2)13-4-3-12(9-15-13)16-7-5-11(6-8-16)14(17)18/h3-4,9,11H,1,5-8H2,2H3,(H,17,18). The van der Waals surface area contributed by atoms with Crippen LogP contribution in [0, 0.1) is 5.92 Å². The monoisotopic (exact) mass is 246 g/mol. The maximum absolute atomic E-state index is 10.9. The number of hydrogen-bond acceptors (Lipinski definition) is 3. The summed E-state index contributed by atoms with van der Waals surface area (Å²) in [5.41, 5.74) is 2.91. The predicted molar refractivity (Wildman–Crippen MR) is 71.5 cm³/mol. The van der Waals surface area contributed by atoms with Gasteiger partial charge in [-0.1, -0.05) is 6.58 Å². The number of nitrogens with zero attached hydrogens (tertiary/aromatic N) is 2. The summed E-state index contributed by atoms with van der Waals surface area (Å²) in [5.74, 6) is -0.866. The lowest BCUT2D eigenvalue weighted by molar-refractivity contribution is -0.142. The first-order chi connectivity index (χ1) is 8.58. The summed E-state index contributed by atoms with van der Waals surface area (Å²) in [7, 11) is 0. The number of hydrogen-bond donors (Lipinski definition) is 1. The highest BCUT2D eigenvalue weighted by Gasteiger charge is 2.24. The van der Waals surface area contributed by atoms with E-state index in [1.54, 1.807) is 0 Å². The Kier molecular flexibility index (Phi) is 3.65. The van der Waals surface area contributed by atoms with E-state index in [2.05, 4.69) is 16.5 Å². The van der Waals surface area contributed by atoms with E-state index in [4.69, 9.17) is 5.11 Å². The highest BCUT2D eigenvalue weighted by Crippen LogP contribution is 2.23. The van der Waals surface area contributed by atoms with Crippen molar-refractivity contribution in [2.75, 3.05) is 18.0 Å². The molecule has 0 aromatic carbocycles. The van der Waals surface area contributed by atoms with Crippen LogP contribution in [-0.2, 0) is 4.79 Å². The fourth-order valence-electron chi connectivity index (χ4n) is 2.21. The Morgan fingerprint density at radius 2 is 2.11 bits per heavy atom. The Bertz CT molecular complexity index is 445. The molecule has 1 fully saturated rings. The molecular formula is C14H18N2O2. The van der Waals surface area contributed by atoms with E-state index >= 15 is 0 Å². The predicted octanol–water partition coefficient (Wildman–Crippen LogP) is 2.42. The molecular weight excluding hydrogens is 228 g/mol. The first-order valence-electron chi connectivity index (χ1n) is 6.17. The van der Waals surface area contributed by atoms with Crippen molar-refractivity contribution in [1.29, 1.82) is 0 Å². The smallest absolute Gasteiger partial charge is 0.306 e. The van der Waals surface area contributed by atoms with E-state index in [1.165, 1.54) is 0 Å². The van der Waals surface area contributed by atoms with Crippen molar-refractivity contribution >= 4 is 17.2 Å². The molecule has 4 nitrogen and oxygen atoms in total. The number of carbonyl (C=O) groups is 1. The lowest BCUT2D eigenvalue weighted by Crippen LogP contribution is -2.36. The van der Waals surface area contributed by atoms with E-state index in [9.17, 15) is 4.79 Å².